The number of halogens is 4. The Morgan fingerprint density at radius 2 is 1.94 bits per heavy atom. The van der Waals surface area contributed by atoms with Crippen LogP contribution in [-0.2, 0) is 4.74 Å². The smallest absolute Gasteiger partial charge is 0.294 e. The topological polar surface area (TPSA) is 90.1 Å². The number of nitrogens with one attached hydrogen (secondary N) is 1. The van der Waals surface area contributed by atoms with Gasteiger partial charge in [0.15, 0.2) is 0 Å². The molecule has 2 fully saturated rings. The monoisotopic (exact) mass is 462 g/mol. The van der Waals surface area contributed by atoms with E-state index in [9.17, 15) is 22.4 Å². The predicted molar refractivity (Wildman–Crippen MR) is 107 cm³/mol. The summed E-state index contributed by atoms with van der Waals surface area (Å²) in [6.07, 6.45) is 1.54. The summed E-state index contributed by atoms with van der Waals surface area (Å²) in [7, 11) is 0. The average molecular weight is 462 g/mol. The molecule has 0 spiro atoms. The van der Waals surface area contributed by atoms with E-state index in [1.165, 1.54) is 6.07 Å². The summed E-state index contributed by atoms with van der Waals surface area (Å²) in [5, 5.41) is 6.47. The SMILES string of the molecule is O=C(Nc1c(-c2cc(F)ccc2F)ncnc1C1CCC(F)(F)CO1)c1cc(C2CC2)no1. The zero-order valence-corrected chi connectivity index (χ0v) is 17.2. The van der Waals surface area contributed by atoms with Crippen molar-refractivity contribution in [1.82, 2.24) is 15.1 Å². The van der Waals surface area contributed by atoms with Crippen LogP contribution in [0.1, 0.15) is 59.6 Å². The molecule has 3 heterocycles. The molecule has 1 saturated heterocycles. The standard InChI is InChI=1S/C22H18F4N4O3/c23-12-3-4-14(24)13(7-12)18-20(29-21(31)17-8-15(30-33-17)11-1-2-11)19(28-10-27-18)16-5-6-22(25,26)9-32-16/h3-4,7-8,10-11,16H,1-2,5-6,9H2,(H,29,31). The van der Waals surface area contributed by atoms with Gasteiger partial charge < -0.3 is 14.6 Å². The zero-order chi connectivity index (χ0) is 23.2. The van der Waals surface area contributed by atoms with Gasteiger partial charge in [-0.05, 0) is 37.5 Å². The number of ether oxygens (including phenoxy) is 1. The van der Waals surface area contributed by atoms with Crippen LogP contribution in [0, 0.1) is 11.6 Å². The number of nitrogens with zero attached hydrogens (tertiary/aromatic N) is 3. The predicted octanol–water partition coefficient (Wildman–Crippen LogP) is 5.03. The Hall–Kier alpha value is -3.34. The third kappa shape index (κ3) is 4.45. The zero-order valence-electron chi connectivity index (χ0n) is 17.2. The van der Waals surface area contributed by atoms with Crippen molar-refractivity contribution in [2.45, 2.75) is 43.6 Å². The third-order valence-corrected chi connectivity index (χ3v) is 5.62. The number of carbonyl (C=O) groups is 1. The van der Waals surface area contributed by atoms with Crippen LogP contribution in [0.3, 0.4) is 0 Å². The van der Waals surface area contributed by atoms with Gasteiger partial charge in [0.1, 0.15) is 36.4 Å². The number of carbonyl (C=O) groups excluding carboxylic acids is 1. The number of alkyl halides is 2. The third-order valence-electron chi connectivity index (χ3n) is 5.62. The van der Waals surface area contributed by atoms with Crippen molar-refractivity contribution < 1.29 is 31.6 Å². The van der Waals surface area contributed by atoms with E-state index >= 15 is 0 Å². The molecule has 5 rings (SSSR count). The first-order chi connectivity index (χ1) is 15.8. The van der Waals surface area contributed by atoms with Crippen LogP contribution in [0.25, 0.3) is 11.3 Å². The Morgan fingerprint density at radius 3 is 2.67 bits per heavy atom. The number of hydrogen-bond acceptors (Lipinski definition) is 6. The van der Waals surface area contributed by atoms with Gasteiger partial charge >= 0.3 is 0 Å². The fourth-order valence-electron chi connectivity index (χ4n) is 3.73. The maximum atomic E-state index is 14.6. The van der Waals surface area contributed by atoms with E-state index in [1.807, 2.05) is 0 Å². The molecule has 11 heteroatoms. The molecule has 1 unspecified atom stereocenters. The van der Waals surface area contributed by atoms with Gasteiger partial charge in [0.2, 0.25) is 5.76 Å². The fraction of sp³-hybridized carbons (Fsp3) is 0.364. The van der Waals surface area contributed by atoms with Crippen LogP contribution >= 0.6 is 0 Å². The Morgan fingerprint density at radius 1 is 1.12 bits per heavy atom. The van der Waals surface area contributed by atoms with E-state index in [0.717, 1.165) is 37.4 Å². The van der Waals surface area contributed by atoms with Crippen molar-refractivity contribution in [1.29, 1.82) is 0 Å². The fourth-order valence-corrected chi connectivity index (χ4v) is 3.73. The lowest BCUT2D eigenvalue weighted by atomic mass is 10.00. The summed E-state index contributed by atoms with van der Waals surface area (Å²) >= 11 is 0. The molecule has 1 N–H and O–H groups in total. The van der Waals surface area contributed by atoms with Crippen LogP contribution in [0.2, 0.25) is 0 Å². The van der Waals surface area contributed by atoms with E-state index in [1.54, 1.807) is 0 Å². The second kappa shape index (κ2) is 8.22. The van der Waals surface area contributed by atoms with Crippen molar-refractivity contribution in [2.75, 3.05) is 11.9 Å². The van der Waals surface area contributed by atoms with Gasteiger partial charge in [0.05, 0.1) is 17.1 Å². The summed E-state index contributed by atoms with van der Waals surface area (Å²) in [6.45, 7) is -0.828. The molecule has 1 atom stereocenters. The highest BCUT2D eigenvalue weighted by Gasteiger charge is 2.38. The molecular weight excluding hydrogens is 444 g/mol. The van der Waals surface area contributed by atoms with Crippen molar-refractivity contribution in [3.05, 3.63) is 59.4 Å². The molecule has 1 aromatic carbocycles. The highest BCUT2D eigenvalue weighted by atomic mass is 19.3. The molecule has 33 heavy (non-hydrogen) atoms. The minimum absolute atomic E-state index is 0.0772. The van der Waals surface area contributed by atoms with Gasteiger partial charge in [-0.2, -0.15) is 0 Å². The number of amides is 1. The summed E-state index contributed by atoms with van der Waals surface area (Å²) in [4.78, 5) is 21.1. The Balaban J connectivity index is 1.54. The first-order valence-corrected chi connectivity index (χ1v) is 10.4. The van der Waals surface area contributed by atoms with Gasteiger partial charge in [-0.3, -0.25) is 4.79 Å². The van der Waals surface area contributed by atoms with Gasteiger partial charge in [0, 0.05) is 24.0 Å². The van der Waals surface area contributed by atoms with Crippen molar-refractivity contribution in [3.8, 4) is 11.3 Å². The molecule has 1 amide bonds. The highest BCUT2D eigenvalue weighted by molar-refractivity contribution is 6.04. The van der Waals surface area contributed by atoms with E-state index in [4.69, 9.17) is 9.26 Å². The average Bonchev–Trinajstić information content (AvgIpc) is 3.52. The molecule has 2 aliphatic rings. The van der Waals surface area contributed by atoms with Crippen LogP contribution in [0.5, 0.6) is 0 Å². The van der Waals surface area contributed by atoms with E-state index in [0.29, 0.717) is 5.69 Å². The number of rotatable bonds is 5. The lowest BCUT2D eigenvalue weighted by Crippen LogP contribution is -2.31. The van der Waals surface area contributed by atoms with E-state index < -0.39 is 42.6 Å². The van der Waals surface area contributed by atoms with E-state index in [-0.39, 0.29) is 40.7 Å². The Kier molecular flexibility index (Phi) is 5.35. The largest absolute Gasteiger partial charge is 0.366 e. The maximum absolute atomic E-state index is 14.6. The van der Waals surface area contributed by atoms with Crippen LogP contribution in [0.4, 0.5) is 23.2 Å². The minimum Gasteiger partial charge on any atom is -0.366 e. The van der Waals surface area contributed by atoms with Crippen LogP contribution < -0.4 is 5.32 Å². The Bertz CT molecular complexity index is 1200. The summed E-state index contributed by atoms with van der Waals surface area (Å²) in [6, 6.07) is 4.30. The number of anilines is 1. The summed E-state index contributed by atoms with van der Waals surface area (Å²) in [5.74, 6) is -5.05. The highest BCUT2D eigenvalue weighted by Crippen LogP contribution is 2.41. The number of benzene rings is 1. The first-order valence-electron chi connectivity index (χ1n) is 10.4. The van der Waals surface area contributed by atoms with Crippen molar-refractivity contribution in [3.63, 3.8) is 0 Å². The number of hydrogen-bond donors (Lipinski definition) is 1. The molecule has 1 aliphatic carbocycles. The molecule has 0 bridgehead atoms. The quantitative estimate of drug-likeness (QED) is 0.535. The van der Waals surface area contributed by atoms with Gasteiger partial charge in [0.25, 0.3) is 11.8 Å². The number of aromatic nitrogens is 3. The lowest BCUT2D eigenvalue weighted by molar-refractivity contribution is -0.146. The molecule has 172 valence electrons. The molecule has 7 nitrogen and oxygen atoms in total. The van der Waals surface area contributed by atoms with Gasteiger partial charge in [-0.25, -0.2) is 27.5 Å². The molecular formula is C22H18F4N4O3. The van der Waals surface area contributed by atoms with Gasteiger partial charge in [-0.15, -0.1) is 0 Å². The molecule has 2 aromatic heterocycles. The lowest BCUT2D eigenvalue weighted by Gasteiger charge is -2.29. The first kappa shape index (κ1) is 21.5. The summed E-state index contributed by atoms with van der Waals surface area (Å²) in [5.41, 5.74) is 0.305. The van der Waals surface area contributed by atoms with Crippen molar-refractivity contribution in [2.24, 2.45) is 0 Å². The minimum atomic E-state index is -2.98. The maximum Gasteiger partial charge on any atom is 0.294 e. The second-order valence-corrected chi connectivity index (χ2v) is 8.15. The normalized spacial score (nSPS) is 19.9. The molecule has 1 aliphatic heterocycles. The molecule has 1 saturated carbocycles. The molecule has 3 aromatic rings. The van der Waals surface area contributed by atoms with Crippen LogP contribution in [-0.4, -0.2) is 33.6 Å². The Labute approximate surface area is 185 Å². The van der Waals surface area contributed by atoms with E-state index in [2.05, 4.69) is 20.4 Å². The van der Waals surface area contributed by atoms with Gasteiger partial charge in [-0.1, -0.05) is 5.16 Å². The van der Waals surface area contributed by atoms with Crippen LogP contribution in [0.15, 0.2) is 35.1 Å². The van der Waals surface area contributed by atoms with Crippen molar-refractivity contribution >= 4 is 11.6 Å². The second-order valence-electron chi connectivity index (χ2n) is 8.15. The molecule has 0 radical (unpaired) electrons. The summed E-state index contributed by atoms with van der Waals surface area (Å²) < 4.78 is 66.1.